The van der Waals surface area contributed by atoms with Crippen molar-refractivity contribution < 1.29 is 23.6 Å². The Hall–Kier alpha value is -3.07. The molecule has 1 saturated heterocycles. The molecule has 0 unspecified atom stereocenters. The average molecular weight is 455 g/mol. The maximum atomic E-state index is 13.1. The summed E-state index contributed by atoms with van der Waals surface area (Å²) in [6, 6.07) is 7.98. The Bertz CT molecular complexity index is 1010. The second-order valence-corrected chi connectivity index (χ2v) is 8.87. The highest BCUT2D eigenvalue weighted by Gasteiger charge is 2.30. The lowest BCUT2D eigenvalue weighted by Gasteiger charge is -2.34. The van der Waals surface area contributed by atoms with Crippen LogP contribution in [0, 0.1) is 0 Å². The van der Waals surface area contributed by atoms with Gasteiger partial charge in [-0.2, -0.15) is 0 Å². The number of rotatable bonds is 5. The summed E-state index contributed by atoms with van der Waals surface area (Å²) < 4.78 is 16.4. The highest BCUT2D eigenvalue weighted by atomic mass is 16.6. The fourth-order valence-corrected chi connectivity index (χ4v) is 4.39. The van der Waals surface area contributed by atoms with Crippen LogP contribution in [0.2, 0.25) is 0 Å². The van der Waals surface area contributed by atoms with Crippen molar-refractivity contribution in [1.82, 2.24) is 19.9 Å². The molecule has 5 rings (SSSR count). The number of piperazine rings is 1. The van der Waals surface area contributed by atoms with Crippen molar-refractivity contribution in [2.24, 2.45) is 0 Å². The summed E-state index contributed by atoms with van der Waals surface area (Å²) in [7, 11) is 0. The molecule has 0 spiro atoms. The molecule has 0 N–H and O–H groups in total. The van der Waals surface area contributed by atoms with Gasteiger partial charge in [-0.1, -0.05) is 11.2 Å². The summed E-state index contributed by atoms with van der Waals surface area (Å²) in [6.45, 7) is 7.35. The molecule has 2 aromatic rings. The molecule has 2 aliphatic heterocycles. The molecule has 1 saturated carbocycles. The van der Waals surface area contributed by atoms with Gasteiger partial charge in [0.15, 0.2) is 5.69 Å². The Morgan fingerprint density at radius 1 is 1.09 bits per heavy atom. The van der Waals surface area contributed by atoms with E-state index >= 15 is 0 Å². The van der Waals surface area contributed by atoms with Gasteiger partial charge in [-0.25, -0.2) is 4.79 Å². The number of ether oxygens (including phenoxy) is 2. The first-order valence-electron chi connectivity index (χ1n) is 11.7. The van der Waals surface area contributed by atoms with Crippen LogP contribution in [-0.4, -0.2) is 77.8 Å². The zero-order valence-corrected chi connectivity index (χ0v) is 19.0. The maximum Gasteiger partial charge on any atom is 0.409 e. The molecule has 0 bridgehead atoms. The Balaban J connectivity index is 1.22. The molecule has 33 heavy (non-hydrogen) atoms. The van der Waals surface area contributed by atoms with Gasteiger partial charge in [-0.15, -0.1) is 0 Å². The third-order valence-electron chi connectivity index (χ3n) is 6.42. The second-order valence-electron chi connectivity index (χ2n) is 8.87. The van der Waals surface area contributed by atoms with E-state index in [4.69, 9.17) is 14.0 Å². The molecular formula is C24H30N4O5. The lowest BCUT2D eigenvalue weighted by atomic mass is 10.1. The van der Waals surface area contributed by atoms with Gasteiger partial charge in [0, 0.05) is 56.8 Å². The predicted molar refractivity (Wildman–Crippen MR) is 119 cm³/mol. The Morgan fingerprint density at radius 3 is 2.67 bits per heavy atom. The number of amides is 2. The SMILES string of the molecule is CCOC(=O)N1CCN(Cc2ccc3c(c2)CN(C(=O)c2cc(C4CC4)on2)CCO3)CC1. The highest BCUT2D eigenvalue weighted by Crippen LogP contribution is 2.40. The Morgan fingerprint density at radius 2 is 1.91 bits per heavy atom. The number of aromatic nitrogens is 1. The minimum absolute atomic E-state index is 0.123. The van der Waals surface area contributed by atoms with Gasteiger partial charge >= 0.3 is 6.09 Å². The molecule has 0 atom stereocenters. The quantitative estimate of drug-likeness (QED) is 0.686. The molecular weight excluding hydrogens is 424 g/mol. The third kappa shape index (κ3) is 4.98. The van der Waals surface area contributed by atoms with Gasteiger partial charge in [0.2, 0.25) is 0 Å². The topological polar surface area (TPSA) is 88.4 Å². The van der Waals surface area contributed by atoms with Gasteiger partial charge in [0.1, 0.15) is 18.1 Å². The predicted octanol–water partition coefficient (Wildman–Crippen LogP) is 2.86. The van der Waals surface area contributed by atoms with Crippen molar-refractivity contribution in [3.05, 3.63) is 46.8 Å². The maximum absolute atomic E-state index is 13.1. The standard InChI is InChI=1S/C24H30N4O5/c1-2-31-24(30)27-9-7-26(8-10-27)15-17-3-6-21-19(13-17)16-28(11-12-32-21)23(29)20-14-22(33-25-20)18-4-5-18/h3,6,13-14,18H,2,4-5,7-12,15-16H2,1H3. The van der Waals surface area contributed by atoms with Gasteiger partial charge in [0.25, 0.3) is 5.91 Å². The minimum atomic E-state index is -0.236. The molecule has 1 aromatic carbocycles. The fourth-order valence-electron chi connectivity index (χ4n) is 4.39. The first-order valence-corrected chi connectivity index (χ1v) is 11.7. The van der Waals surface area contributed by atoms with Crippen LogP contribution in [0.4, 0.5) is 4.79 Å². The number of fused-ring (bicyclic) bond motifs is 1. The molecule has 2 fully saturated rings. The van der Waals surface area contributed by atoms with Crippen molar-refractivity contribution >= 4 is 12.0 Å². The molecule has 176 valence electrons. The van der Waals surface area contributed by atoms with Crippen LogP contribution < -0.4 is 4.74 Å². The molecule has 0 radical (unpaired) electrons. The minimum Gasteiger partial charge on any atom is -0.491 e. The molecule has 3 aliphatic rings. The van der Waals surface area contributed by atoms with E-state index in [9.17, 15) is 9.59 Å². The van der Waals surface area contributed by atoms with Crippen molar-refractivity contribution in [3.8, 4) is 5.75 Å². The van der Waals surface area contributed by atoms with Crippen LogP contribution in [-0.2, 0) is 17.8 Å². The summed E-state index contributed by atoms with van der Waals surface area (Å²) in [5.41, 5.74) is 2.53. The van der Waals surface area contributed by atoms with E-state index < -0.39 is 0 Å². The van der Waals surface area contributed by atoms with Crippen molar-refractivity contribution in [1.29, 1.82) is 0 Å². The summed E-state index contributed by atoms with van der Waals surface area (Å²) >= 11 is 0. The van der Waals surface area contributed by atoms with Gasteiger partial charge in [-0.05, 0) is 37.5 Å². The van der Waals surface area contributed by atoms with Crippen LogP contribution in [0.1, 0.15) is 53.1 Å². The Labute approximate surface area is 193 Å². The van der Waals surface area contributed by atoms with Crippen molar-refractivity contribution in [2.45, 2.75) is 38.8 Å². The molecule has 9 nitrogen and oxygen atoms in total. The van der Waals surface area contributed by atoms with E-state index in [0.717, 1.165) is 55.1 Å². The van der Waals surface area contributed by atoms with E-state index in [1.807, 2.05) is 13.0 Å². The fraction of sp³-hybridized carbons (Fsp3) is 0.542. The van der Waals surface area contributed by atoms with Crippen molar-refractivity contribution in [2.75, 3.05) is 45.9 Å². The Kier molecular flexibility index (Phi) is 6.22. The molecule has 2 amide bonds. The first-order chi connectivity index (χ1) is 16.1. The van der Waals surface area contributed by atoms with Crippen LogP contribution in [0.15, 0.2) is 28.8 Å². The van der Waals surface area contributed by atoms with Crippen LogP contribution in [0.5, 0.6) is 5.75 Å². The van der Waals surface area contributed by atoms with Crippen molar-refractivity contribution in [3.63, 3.8) is 0 Å². The van der Waals surface area contributed by atoms with Gasteiger partial charge in [-0.3, -0.25) is 9.69 Å². The zero-order valence-electron chi connectivity index (χ0n) is 19.0. The number of hydrogen-bond donors (Lipinski definition) is 0. The molecule has 1 aromatic heterocycles. The van der Waals surface area contributed by atoms with E-state index in [1.165, 1.54) is 0 Å². The van der Waals surface area contributed by atoms with Gasteiger partial charge < -0.3 is 23.8 Å². The highest BCUT2D eigenvalue weighted by molar-refractivity contribution is 5.92. The smallest absolute Gasteiger partial charge is 0.409 e. The van der Waals surface area contributed by atoms with Crippen LogP contribution >= 0.6 is 0 Å². The van der Waals surface area contributed by atoms with E-state index in [-0.39, 0.29) is 12.0 Å². The lowest BCUT2D eigenvalue weighted by molar-refractivity contribution is 0.0721. The number of carbonyl (C=O) groups is 2. The number of nitrogens with zero attached hydrogens (tertiary/aromatic N) is 4. The summed E-state index contributed by atoms with van der Waals surface area (Å²) in [6.07, 6.45) is 1.98. The number of carbonyl (C=O) groups excluding carboxylic acids is 2. The largest absolute Gasteiger partial charge is 0.491 e. The third-order valence-corrected chi connectivity index (χ3v) is 6.42. The average Bonchev–Trinajstić information content (AvgIpc) is 3.60. The van der Waals surface area contributed by atoms with Crippen LogP contribution in [0.25, 0.3) is 0 Å². The second kappa shape index (κ2) is 9.43. The lowest BCUT2D eigenvalue weighted by Crippen LogP contribution is -2.48. The monoisotopic (exact) mass is 454 g/mol. The normalized spacial score (nSPS) is 18.9. The van der Waals surface area contributed by atoms with E-state index in [1.54, 1.807) is 15.9 Å². The first kappa shape index (κ1) is 21.8. The summed E-state index contributed by atoms with van der Waals surface area (Å²) in [5, 5.41) is 4.01. The van der Waals surface area contributed by atoms with E-state index in [0.29, 0.717) is 51.0 Å². The molecule has 3 heterocycles. The van der Waals surface area contributed by atoms with E-state index in [2.05, 4.69) is 22.2 Å². The van der Waals surface area contributed by atoms with Crippen LogP contribution in [0.3, 0.4) is 0 Å². The number of hydrogen-bond acceptors (Lipinski definition) is 7. The molecule has 9 heteroatoms. The summed E-state index contributed by atoms with van der Waals surface area (Å²) in [4.78, 5) is 30.8. The molecule has 1 aliphatic carbocycles. The number of benzene rings is 1. The van der Waals surface area contributed by atoms with Gasteiger partial charge in [0.05, 0.1) is 13.2 Å². The summed E-state index contributed by atoms with van der Waals surface area (Å²) in [5.74, 6) is 1.94. The zero-order chi connectivity index (χ0) is 22.8.